The summed E-state index contributed by atoms with van der Waals surface area (Å²) in [6, 6.07) is 22.9. The fraction of sp³-hybridized carbons (Fsp3) is 0.290. The highest BCUT2D eigenvalue weighted by atomic mass is 35.5. The molecule has 2 aliphatic heterocycles. The maximum atomic E-state index is 6.53. The molecule has 2 aromatic heterocycles. The summed E-state index contributed by atoms with van der Waals surface area (Å²) in [5.74, 6) is 0. The van der Waals surface area contributed by atoms with Gasteiger partial charge in [0.05, 0.1) is 31.0 Å². The zero-order valence-corrected chi connectivity index (χ0v) is 24.0. The van der Waals surface area contributed by atoms with Gasteiger partial charge in [-0.05, 0) is 98.7 Å². The minimum absolute atomic E-state index is 0.0823. The van der Waals surface area contributed by atoms with Gasteiger partial charge in [-0.2, -0.15) is 0 Å². The Morgan fingerprint density at radius 1 is 0.949 bits per heavy atom. The summed E-state index contributed by atoms with van der Waals surface area (Å²) in [6.45, 7) is 9.73. The lowest BCUT2D eigenvalue weighted by atomic mass is 9.96. The smallest absolute Gasteiger partial charge is 0.174 e. The third-order valence-corrected chi connectivity index (χ3v) is 8.60. The van der Waals surface area contributed by atoms with E-state index < -0.39 is 0 Å². The number of rotatable bonds is 5. The van der Waals surface area contributed by atoms with Crippen LogP contribution in [0.15, 0.2) is 72.9 Å². The fourth-order valence-electron chi connectivity index (χ4n) is 5.89. The monoisotopic (exact) mass is 557 g/mol. The number of aromatic nitrogens is 2. The van der Waals surface area contributed by atoms with E-state index in [9.17, 15) is 0 Å². The number of anilines is 2. The van der Waals surface area contributed by atoms with Crippen molar-refractivity contribution in [1.82, 2.24) is 14.9 Å². The van der Waals surface area contributed by atoms with E-state index in [0.717, 1.165) is 65.3 Å². The van der Waals surface area contributed by atoms with E-state index in [1.807, 2.05) is 30.5 Å². The number of thiocarbonyl (C=S) groups is 1. The number of nitrogens with one attached hydrogen (secondary N) is 1. The van der Waals surface area contributed by atoms with Crippen LogP contribution in [0.1, 0.15) is 40.3 Å². The summed E-state index contributed by atoms with van der Waals surface area (Å²) in [7, 11) is 0. The molecule has 4 aromatic rings. The number of ether oxygens (including phenoxy) is 1. The Kier molecular flexibility index (Phi) is 7.06. The Bertz CT molecular complexity index is 1500. The van der Waals surface area contributed by atoms with Crippen LogP contribution in [-0.2, 0) is 4.74 Å². The van der Waals surface area contributed by atoms with Crippen LogP contribution in [0.4, 0.5) is 11.4 Å². The lowest BCUT2D eigenvalue weighted by Gasteiger charge is -2.31. The molecular formula is C31H32ClN5OS. The summed E-state index contributed by atoms with van der Waals surface area (Å²) in [6.07, 6.45) is 1.84. The molecule has 0 saturated carbocycles. The fourth-order valence-corrected chi connectivity index (χ4v) is 6.41. The minimum Gasteiger partial charge on any atom is -0.378 e. The molecule has 0 unspecified atom stereocenters. The zero-order valence-electron chi connectivity index (χ0n) is 22.4. The van der Waals surface area contributed by atoms with E-state index in [1.165, 1.54) is 11.3 Å². The number of halogens is 1. The van der Waals surface area contributed by atoms with Crippen molar-refractivity contribution in [2.75, 3.05) is 36.1 Å². The molecule has 0 aliphatic carbocycles. The maximum absolute atomic E-state index is 6.53. The highest BCUT2D eigenvalue weighted by Gasteiger charge is 2.42. The molecule has 8 heteroatoms. The number of morpholine rings is 1. The first kappa shape index (κ1) is 25.9. The summed E-state index contributed by atoms with van der Waals surface area (Å²) in [4.78, 5) is 9.33. The molecule has 6 rings (SSSR count). The second kappa shape index (κ2) is 10.6. The van der Waals surface area contributed by atoms with Gasteiger partial charge in [0.1, 0.15) is 0 Å². The summed E-state index contributed by atoms with van der Waals surface area (Å²) in [5, 5.41) is 5.05. The van der Waals surface area contributed by atoms with Crippen molar-refractivity contribution in [2.24, 2.45) is 0 Å². The van der Waals surface area contributed by atoms with Gasteiger partial charge in [0, 0.05) is 52.8 Å². The summed E-state index contributed by atoms with van der Waals surface area (Å²) >= 11 is 12.5. The number of hydrogen-bond donors (Lipinski definition) is 1. The van der Waals surface area contributed by atoms with Gasteiger partial charge in [-0.3, -0.25) is 4.98 Å². The first-order chi connectivity index (χ1) is 18.9. The van der Waals surface area contributed by atoms with Gasteiger partial charge in [0.15, 0.2) is 5.11 Å². The average Bonchev–Trinajstić information content (AvgIpc) is 3.46. The van der Waals surface area contributed by atoms with Gasteiger partial charge in [0.25, 0.3) is 0 Å². The van der Waals surface area contributed by atoms with Gasteiger partial charge in [-0.15, -0.1) is 0 Å². The Hall–Kier alpha value is -3.39. The molecule has 0 radical (unpaired) electrons. The molecule has 4 heterocycles. The summed E-state index contributed by atoms with van der Waals surface area (Å²) < 4.78 is 7.83. The Labute approximate surface area is 240 Å². The number of benzene rings is 2. The Morgan fingerprint density at radius 2 is 1.69 bits per heavy atom. The Balaban J connectivity index is 1.45. The SMILES string of the molecule is Cc1c(Cl)cccc1-n1c(C)cc([C@H]2[C@@H](c3ccccn3)NC(=S)N2c2ccc(N3CCOCC3)cc2)c1C. The Morgan fingerprint density at radius 3 is 2.41 bits per heavy atom. The van der Waals surface area contributed by atoms with E-state index in [-0.39, 0.29) is 12.1 Å². The quantitative estimate of drug-likeness (QED) is 0.284. The van der Waals surface area contributed by atoms with Crippen molar-refractivity contribution >= 4 is 40.3 Å². The highest BCUT2D eigenvalue weighted by molar-refractivity contribution is 7.80. The number of aryl methyl sites for hydroxylation is 1. The highest BCUT2D eigenvalue weighted by Crippen LogP contribution is 2.44. The molecule has 2 fully saturated rings. The second-order valence-electron chi connectivity index (χ2n) is 10.2. The van der Waals surface area contributed by atoms with Crippen molar-refractivity contribution in [1.29, 1.82) is 0 Å². The molecule has 39 heavy (non-hydrogen) atoms. The molecule has 2 aliphatic rings. The molecule has 200 valence electrons. The molecule has 1 N–H and O–H groups in total. The molecule has 2 atom stereocenters. The van der Waals surface area contributed by atoms with Crippen LogP contribution in [0.5, 0.6) is 0 Å². The van der Waals surface area contributed by atoms with E-state index in [2.05, 4.69) is 82.9 Å². The van der Waals surface area contributed by atoms with Gasteiger partial charge < -0.3 is 24.4 Å². The molecular weight excluding hydrogens is 526 g/mol. The van der Waals surface area contributed by atoms with Crippen LogP contribution in [0, 0.1) is 20.8 Å². The van der Waals surface area contributed by atoms with Gasteiger partial charge in [0.2, 0.25) is 0 Å². The molecule has 0 amide bonds. The normalized spacial score (nSPS) is 19.4. The van der Waals surface area contributed by atoms with E-state index in [1.54, 1.807) is 0 Å². The van der Waals surface area contributed by atoms with Gasteiger partial charge >= 0.3 is 0 Å². The van der Waals surface area contributed by atoms with E-state index in [4.69, 9.17) is 33.5 Å². The van der Waals surface area contributed by atoms with E-state index >= 15 is 0 Å². The van der Waals surface area contributed by atoms with Crippen molar-refractivity contribution in [3.63, 3.8) is 0 Å². The largest absolute Gasteiger partial charge is 0.378 e. The molecule has 2 saturated heterocycles. The molecule has 6 nitrogen and oxygen atoms in total. The third-order valence-electron chi connectivity index (χ3n) is 7.87. The first-order valence-corrected chi connectivity index (χ1v) is 14.1. The first-order valence-electron chi connectivity index (χ1n) is 13.3. The predicted octanol–water partition coefficient (Wildman–Crippen LogP) is 6.46. The zero-order chi connectivity index (χ0) is 27.1. The summed E-state index contributed by atoms with van der Waals surface area (Å²) in [5.41, 5.74) is 8.87. The molecule has 0 bridgehead atoms. The number of nitrogens with zero attached hydrogens (tertiary/aromatic N) is 4. The van der Waals surface area contributed by atoms with Crippen LogP contribution in [-0.4, -0.2) is 41.0 Å². The van der Waals surface area contributed by atoms with Crippen molar-refractivity contribution < 1.29 is 4.74 Å². The van der Waals surface area contributed by atoms with Crippen molar-refractivity contribution in [3.8, 4) is 5.69 Å². The van der Waals surface area contributed by atoms with Crippen molar-refractivity contribution in [2.45, 2.75) is 32.9 Å². The number of hydrogen-bond acceptors (Lipinski definition) is 4. The molecule has 2 aromatic carbocycles. The lowest BCUT2D eigenvalue weighted by molar-refractivity contribution is 0.122. The average molecular weight is 558 g/mol. The topological polar surface area (TPSA) is 45.6 Å². The van der Waals surface area contributed by atoms with Crippen LogP contribution in [0.25, 0.3) is 5.69 Å². The van der Waals surface area contributed by atoms with Crippen LogP contribution in [0.2, 0.25) is 5.02 Å². The van der Waals surface area contributed by atoms with E-state index in [0.29, 0.717) is 5.11 Å². The van der Waals surface area contributed by atoms with Crippen LogP contribution in [0.3, 0.4) is 0 Å². The van der Waals surface area contributed by atoms with Crippen LogP contribution < -0.4 is 15.1 Å². The predicted molar refractivity (Wildman–Crippen MR) is 162 cm³/mol. The lowest BCUT2D eigenvalue weighted by Crippen LogP contribution is -2.36. The third kappa shape index (κ3) is 4.69. The standard InChI is InChI=1S/C31H32ClN5OS/c1-20-19-25(22(3)36(20)28-9-6-7-26(32)21(28)2)30-29(27-8-4-5-14-33-27)34-31(39)37(30)24-12-10-23(11-13-24)35-15-17-38-18-16-35/h4-14,19,29-30H,15-18H2,1-3H3,(H,34,39)/t29-,30+/m1/s1. The van der Waals surface area contributed by atoms with Gasteiger partial charge in [-0.25, -0.2) is 0 Å². The van der Waals surface area contributed by atoms with Crippen LogP contribution >= 0.6 is 23.8 Å². The van der Waals surface area contributed by atoms with Gasteiger partial charge in [-0.1, -0.05) is 23.7 Å². The van der Waals surface area contributed by atoms with Crippen molar-refractivity contribution in [3.05, 3.63) is 106 Å². The second-order valence-corrected chi connectivity index (χ2v) is 11.0. The minimum atomic E-state index is -0.105. The maximum Gasteiger partial charge on any atom is 0.174 e. The number of pyridine rings is 1. The molecule has 0 spiro atoms.